The molecule has 2 nitrogen and oxygen atoms in total. The molecule has 0 radical (unpaired) electrons. The zero-order valence-electron chi connectivity index (χ0n) is 10.2. The lowest BCUT2D eigenvalue weighted by Crippen LogP contribution is -2.39. The van der Waals surface area contributed by atoms with E-state index >= 15 is 0 Å². The van der Waals surface area contributed by atoms with Crippen LogP contribution < -0.4 is 4.90 Å². The molecule has 1 heterocycles. The molecular weight excluding hydrogens is 278 g/mol. The normalized spacial score (nSPS) is 16.8. The van der Waals surface area contributed by atoms with Crippen LogP contribution in [-0.2, 0) is 11.2 Å². The average molecular weight is 296 g/mol. The number of hydrogen-bond acceptors (Lipinski definition) is 1. The van der Waals surface area contributed by atoms with Crippen molar-refractivity contribution >= 4 is 27.5 Å². The van der Waals surface area contributed by atoms with Crippen molar-refractivity contribution in [1.82, 2.24) is 0 Å². The molecule has 0 aliphatic carbocycles. The first-order valence-corrected chi connectivity index (χ1v) is 7.32. The number of rotatable bonds is 4. The monoisotopic (exact) mass is 295 g/mol. The highest BCUT2D eigenvalue weighted by Gasteiger charge is 2.25. The molecule has 1 unspecified atom stereocenters. The van der Waals surface area contributed by atoms with Gasteiger partial charge in [-0.05, 0) is 24.0 Å². The first-order valence-electron chi connectivity index (χ1n) is 6.20. The molecule has 0 N–H and O–H groups in total. The molecule has 0 bridgehead atoms. The Hall–Kier alpha value is -0.830. The van der Waals surface area contributed by atoms with Crippen molar-refractivity contribution in [1.29, 1.82) is 0 Å². The van der Waals surface area contributed by atoms with Crippen molar-refractivity contribution in [3.8, 4) is 0 Å². The third kappa shape index (κ3) is 2.71. The molecular formula is C14H18BrNO. The highest BCUT2D eigenvalue weighted by molar-refractivity contribution is 9.09. The van der Waals surface area contributed by atoms with Crippen LogP contribution in [-0.4, -0.2) is 17.8 Å². The van der Waals surface area contributed by atoms with Crippen LogP contribution in [0.4, 0.5) is 5.69 Å². The minimum atomic E-state index is 0.267. The number of nitrogens with zero attached hydrogens (tertiary/aromatic N) is 1. The van der Waals surface area contributed by atoms with E-state index in [1.807, 2.05) is 11.0 Å². The first-order chi connectivity index (χ1) is 8.26. The highest BCUT2D eigenvalue weighted by Crippen LogP contribution is 2.28. The van der Waals surface area contributed by atoms with E-state index in [9.17, 15) is 4.79 Å². The number of carbonyl (C=O) groups excluding carboxylic acids is 1. The van der Waals surface area contributed by atoms with E-state index in [1.54, 1.807) is 0 Å². The number of hydrogen-bond donors (Lipinski definition) is 0. The summed E-state index contributed by atoms with van der Waals surface area (Å²) >= 11 is 3.52. The highest BCUT2D eigenvalue weighted by atomic mass is 79.9. The van der Waals surface area contributed by atoms with Crippen LogP contribution in [0.15, 0.2) is 24.3 Å². The summed E-state index contributed by atoms with van der Waals surface area (Å²) in [6.07, 6.45) is 2.63. The van der Waals surface area contributed by atoms with E-state index in [0.717, 1.165) is 30.4 Å². The lowest BCUT2D eigenvalue weighted by Gasteiger charge is -2.31. The van der Waals surface area contributed by atoms with Crippen molar-refractivity contribution in [2.45, 2.75) is 26.2 Å². The molecule has 1 aromatic carbocycles. The van der Waals surface area contributed by atoms with Crippen molar-refractivity contribution in [2.24, 2.45) is 5.92 Å². The number of aryl methyl sites for hydroxylation is 1. The maximum Gasteiger partial charge on any atom is 0.227 e. The topological polar surface area (TPSA) is 20.3 Å². The molecule has 1 aromatic rings. The molecule has 92 valence electrons. The molecule has 3 heteroatoms. The Balaban J connectivity index is 2.23. The van der Waals surface area contributed by atoms with Crippen LogP contribution in [0.25, 0.3) is 0 Å². The summed E-state index contributed by atoms with van der Waals surface area (Å²) in [5.41, 5.74) is 2.42. The molecule has 0 aromatic heterocycles. The molecule has 1 aliphatic rings. The Bertz CT molecular complexity index is 401. The summed E-state index contributed by atoms with van der Waals surface area (Å²) in [5.74, 6) is 0.799. The summed E-state index contributed by atoms with van der Waals surface area (Å²) in [6, 6.07) is 8.26. The number of halogens is 1. The van der Waals surface area contributed by atoms with Crippen LogP contribution in [0.1, 0.15) is 25.3 Å². The van der Waals surface area contributed by atoms with Gasteiger partial charge in [0.1, 0.15) is 0 Å². The molecule has 0 saturated carbocycles. The van der Waals surface area contributed by atoms with Crippen molar-refractivity contribution in [2.75, 3.05) is 16.8 Å². The van der Waals surface area contributed by atoms with Gasteiger partial charge >= 0.3 is 0 Å². The number of alkyl halides is 1. The van der Waals surface area contributed by atoms with Gasteiger partial charge in [0.2, 0.25) is 5.91 Å². The van der Waals surface area contributed by atoms with Crippen LogP contribution in [0.3, 0.4) is 0 Å². The smallest absolute Gasteiger partial charge is 0.227 e. The Morgan fingerprint density at radius 2 is 2.12 bits per heavy atom. The van der Waals surface area contributed by atoms with Crippen molar-refractivity contribution in [3.63, 3.8) is 0 Å². The van der Waals surface area contributed by atoms with Gasteiger partial charge < -0.3 is 4.90 Å². The Labute approximate surface area is 111 Å². The summed E-state index contributed by atoms with van der Waals surface area (Å²) in [7, 11) is 0. The van der Waals surface area contributed by atoms with Gasteiger partial charge in [-0.25, -0.2) is 0 Å². The third-order valence-electron chi connectivity index (χ3n) is 3.43. The fourth-order valence-corrected chi connectivity index (χ4v) is 2.90. The van der Waals surface area contributed by atoms with E-state index < -0.39 is 0 Å². The summed E-state index contributed by atoms with van der Waals surface area (Å²) in [5, 5.41) is 0.954. The van der Waals surface area contributed by atoms with Crippen LogP contribution in [0.5, 0.6) is 0 Å². The van der Waals surface area contributed by atoms with Gasteiger partial charge in [-0.3, -0.25) is 4.79 Å². The number of anilines is 1. The predicted octanol–water partition coefficient (Wildman–Crippen LogP) is 3.39. The van der Waals surface area contributed by atoms with E-state index in [-0.39, 0.29) is 5.91 Å². The van der Waals surface area contributed by atoms with Crippen LogP contribution >= 0.6 is 15.9 Å². The number of para-hydroxylation sites is 1. The predicted molar refractivity (Wildman–Crippen MR) is 74.7 cm³/mol. The molecule has 2 rings (SSSR count). The summed E-state index contributed by atoms with van der Waals surface area (Å²) in [4.78, 5) is 14.0. The second kappa shape index (κ2) is 5.67. The standard InChI is InChI=1S/C14H18BrNO/c1-2-11(9-15)10-16-13-6-4-3-5-12(13)7-8-14(16)17/h3-6,11H,2,7-10H2,1H3. The van der Waals surface area contributed by atoms with Gasteiger partial charge in [-0.15, -0.1) is 0 Å². The molecule has 0 spiro atoms. The minimum Gasteiger partial charge on any atom is -0.312 e. The second-order valence-electron chi connectivity index (χ2n) is 4.56. The number of amides is 1. The Morgan fingerprint density at radius 1 is 1.35 bits per heavy atom. The maximum absolute atomic E-state index is 12.0. The zero-order valence-corrected chi connectivity index (χ0v) is 11.7. The maximum atomic E-state index is 12.0. The largest absolute Gasteiger partial charge is 0.312 e. The summed E-state index contributed by atoms with van der Waals surface area (Å²) < 4.78 is 0. The molecule has 0 saturated heterocycles. The molecule has 1 amide bonds. The fourth-order valence-electron chi connectivity index (χ4n) is 2.24. The van der Waals surface area contributed by atoms with E-state index in [4.69, 9.17) is 0 Å². The molecule has 0 fully saturated rings. The third-order valence-corrected chi connectivity index (χ3v) is 4.34. The molecule has 17 heavy (non-hydrogen) atoms. The van der Waals surface area contributed by atoms with Gasteiger partial charge in [0.25, 0.3) is 0 Å². The van der Waals surface area contributed by atoms with Crippen LogP contribution in [0.2, 0.25) is 0 Å². The fraction of sp³-hybridized carbons (Fsp3) is 0.500. The van der Waals surface area contributed by atoms with Crippen LogP contribution in [0, 0.1) is 5.92 Å². The van der Waals surface area contributed by atoms with Gasteiger partial charge in [-0.1, -0.05) is 47.5 Å². The number of benzene rings is 1. The van der Waals surface area contributed by atoms with Gasteiger partial charge in [-0.2, -0.15) is 0 Å². The van der Waals surface area contributed by atoms with Gasteiger partial charge in [0.15, 0.2) is 0 Å². The number of fused-ring (bicyclic) bond motifs is 1. The number of carbonyl (C=O) groups is 1. The minimum absolute atomic E-state index is 0.267. The van der Waals surface area contributed by atoms with Crippen molar-refractivity contribution in [3.05, 3.63) is 29.8 Å². The lowest BCUT2D eigenvalue weighted by molar-refractivity contribution is -0.119. The lowest BCUT2D eigenvalue weighted by atomic mass is 9.99. The summed E-state index contributed by atoms with van der Waals surface area (Å²) in [6.45, 7) is 3.00. The van der Waals surface area contributed by atoms with Crippen molar-refractivity contribution < 1.29 is 4.79 Å². The van der Waals surface area contributed by atoms with E-state index in [2.05, 4.69) is 41.1 Å². The van der Waals surface area contributed by atoms with Gasteiger partial charge in [0, 0.05) is 24.0 Å². The SMILES string of the molecule is CCC(CBr)CN1C(=O)CCc2ccccc21. The first kappa shape index (κ1) is 12.6. The Morgan fingerprint density at radius 3 is 2.82 bits per heavy atom. The van der Waals surface area contributed by atoms with E-state index in [1.165, 1.54) is 5.56 Å². The van der Waals surface area contributed by atoms with Gasteiger partial charge in [0.05, 0.1) is 0 Å². The molecule has 1 aliphatic heterocycles. The van der Waals surface area contributed by atoms with E-state index in [0.29, 0.717) is 12.3 Å². The Kier molecular flexibility index (Phi) is 4.21. The molecule has 1 atom stereocenters. The zero-order chi connectivity index (χ0) is 12.3. The quantitative estimate of drug-likeness (QED) is 0.780. The average Bonchev–Trinajstić information content (AvgIpc) is 2.38. The second-order valence-corrected chi connectivity index (χ2v) is 5.21.